The van der Waals surface area contributed by atoms with Crippen LogP contribution in [0.5, 0.6) is 0 Å². The quantitative estimate of drug-likeness (QED) is 0.507. The number of benzene rings is 2. The van der Waals surface area contributed by atoms with Crippen LogP contribution >= 0.6 is 0 Å². The zero-order valence-corrected chi connectivity index (χ0v) is 16.1. The normalized spacial score (nSPS) is 25.5. The van der Waals surface area contributed by atoms with E-state index >= 15 is 0 Å². The van der Waals surface area contributed by atoms with Crippen molar-refractivity contribution in [3.63, 3.8) is 0 Å². The van der Waals surface area contributed by atoms with E-state index in [4.69, 9.17) is 0 Å². The van der Waals surface area contributed by atoms with Crippen LogP contribution in [0.1, 0.15) is 50.2 Å². The average Bonchev–Trinajstić information content (AvgIpc) is 2.69. The third-order valence-corrected chi connectivity index (χ3v) is 6.66. The molecule has 1 saturated carbocycles. The summed E-state index contributed by atoms with van der Waals surface area (Å²) >= 11 is 0. The maximum atomic E-state index is 14.8. The van der Waals surface area contributed by atoms with Gasteiger partial charge in [-0.3, -0.25) is 0 Å². The van der Waals surface area contributed by atoms with Gasteiger partial charge in [0.1, 0.15) is 11.6 Å². The molecule has 0 amide bonds. The van der Waals surface area contributed by atoms with E-state index in [0.717, 1.165) is 30.2 Å². The van der Waals surface area contributed by atoms with Crippen LogP contribution in [0.2, 0.25) is 0 Å². The molecule has 0 N–H and O–H groups in total. The summed E-state index contributed by atoms with van der Waals surface area (Å²) in [6, 6.07) is 9.86. The van der Waals surface area contributed by atoms with Gasteiger partial charge in [0.2, 0.25) is 0 Å². The van der Waals surface area contributed by atoms with E-state index < -0.39 is 0 Å². The van der Waals surface area contributed by atoms with Gasteiger partial charge in [0.25, 0.3) is 0 Å². The second kappa shape index (κ2) is 7.96. The van der Waals surface area contributed by atoms with Crippen molar-refractivity contribution in [2.45, 2.75) is 51.9 Å². The number of allylic oxidation sites excluding steroid dienone is 2. The minimum absolute atomic E-state index is 0.183. The Morgan fingerprint density at radius 2 is 1.59 bits per heavy atom. The molecule has 2 aliphatic carbocycles. The fraction of sp³-hybridized carbons (Fsp3) is 0.440. The Morgan fingerprint density at radius 1 is 0.852 bits per heavy atom. The van der Waals surface area contributed by atoms with Crippen LogP contribution in [-0.2, 0) is 12.8 Å². The number of hydrogen-bond acceptors (Lipinski definition) is 0. The Bertz CT molecular complexity index is 811. The van der Waals surface area contributed by atoms with Gasteiger partial charge in [-0.1, -0.05) is 24.3 Å². The highest BCUT2D eigenvalue weighted by Crippen LogP contribution is 2.41. The highest BCUT2D eigenvalue weighted by molar-refractivity contribution is 5.66. The lowest BCUT2D eigenvalue weighted by Crippen LogP contribution is -2.26. The highest BCUT2D eigenvalue weighted by Gasteiger charge is 2.30. The lowest BCUT2D eigenvalue weighted by atomic mass is 9.69. The van der Waals surface area contributed by atoms with E-state index in [1.165, 1.54) is 55.4 Å². The molecular formula is C25H28F2. The molecule has 27 heavy (non-hydrogen) atoms. The third kappa shape index (κ3) is 4.00. The first-order chi connectivity index (χ1) is 13.1. The van der Waals surface area contributed by atoms with E-state index in [9.17, 15) is 8.78 Å². The first-order valence-electron chi connectivity index (χ1n) is 10.3. The predicted octanol–water partition coefficient (Wildman–Crippen LogP) is 7.12. The molecule has 0 aliphatic heterocycles. The van der Waals surface area contributed by atoms with Gasteiger partial charge in [0, 0.05) is 5.56 Å². The maximum Gasteiger partial charge on any atom is 0.131 e. The van der Waals surface area contributed by atoms with Crippen molar-refractivity contribution in [1.29, 1.82) is 0 Å². The molecule has 0 radical (unpaired) electrons. The molecule has 4 rings (SSSR count). The molecule has 0 bridgehead atoms. The van der Waals surface area contributed by atoms with Crippen LogP contribution in [0, 0.1) is 29.4 Å². The van der Waals surface area contributed by atoms with Gasteiger partial charge in [0.15, 0.2) is 0 Å². The van der Waals surface area contributed by atoms with Gasteiger partial charge in [-0.15, -0.1) is 0 Å². The fourth-order valence-electron chi connectivity index (χ4n) is 5.14. The SMILES string of the molecule is C/C=C/C1CCC(C2CCc3cc(-c4ccc(F)cc4)c(F)cc3C2)CC1. The molecule has 1 unspecified atom stereocenters. The van der Waals surface area contributed by atoms with Crippen LogP contribution in [0.3, 0.4) is 0 Å². The minimum atomic E-state index is -0.288. The standard InChI is InChI=1S/C25H28F2/c1-2-3-17-4-6-18(7-5-17)20-8-9-21-15-24(25(27)16-22(21)14-20)19-10-12-23(26)13-11-19/h2-3,10-13,15-18,20H,4-9,14H2,1H3/b3-2+. The lowest BCUT2D eigenvalue weighted by Gasteiger charge is -2.36. The summed E-state index contributed by atoms with van der Waals surface area (Å²) in [7, 11) is 0. The van der Waals surface area contributed by atoms with E-state index in [-0.39, 0.29) is 11.6 Å². The van der Waals surface area contributed by atoms with Crippen LogP contribution in [0.25, 0.3) is 11.1 Å². The third-order valence-electron chi connectivity index (χ3n) is 6.66. The van der Waals surface area contributed by atoms with E-state index in [1.54, 1.807) is 18.2 Å². The van der Waals surface area contributed by atoms with Crippen LogP contribution in [0.4, 0.5) is 8.78 Å². The van der Waals surface area contributed by atoms with Crippen LogP contribution < -0.4 is 0 Å². The van der Waals surface area contributed by atoms with Gasteiger partial charge < -0.3 is 0 Å². The monoisotopic (exact) mass is 366 g/mol. The van der Waals surface area contributed by atoms with Crippen LogP contribution in [0.15, 0.2) is 48.6 Å². The molecule has 0 nitrogen and oxygen atoms in total. The number of aryl methyl sites for hydroxylation is 1. The molecule has 2 heteroatoms. The van der Waals surface area contributed by atoms with Crippen LogP contribution in [-0.4, -0.2) is 0 Å². The number of halogens is 2. The number of hydrogen-bond donors (Lipinski definition) is 0. The topological polar surface area (TPSA) is 0 Å². The number of rotatable bonds is 3. The molecule has 0 saturated heterocycles. The van der Waals surface area contributed by atoms with Crippen molar-refractivity contribution >= 4 is 0 Å². The highest BCUT2D eigenvalue weighted by atomic mass is 19.1. The zero-order valence-electron chi connectivity index (χ0n) is 16.1. The summed E-state index contributed by atoms with van der Waals surface area (Å²) in [6.45, 7) is 2.11. The first kappa shape index (κ1) is 18.4. The van der Waals surface area contributed by atoms with Gasteiger partial charge in [-0.25, -0.2) is 8.78 Å². The summed E-state index contributed by atoms with van der Waals surface area (Å²) in [5, 5.41) is 0. The van der Waals surface area contributed by atoms with E-state index in [0.29, 0.717) is 11.5 Å². The molecule has 2 aromatic rings. The summed E-state index contributed by atoms with van der Waals surface area (Å²) in [4.78, 5) is 0. The Balaban J connectivity index is 1.49. The lowest BCUT2D eigenvalue weighted by molar-refractivity contribution is 0.206. The second-order valence-electron chi connectivity index (χ2n) is 8.31. The molecule has 0 heterocycles. The molecule has 1 fully saturated rings. The molecule has 142 valence electrons. The molecule has 2 aromatic carbocycles. The summed E-state index contributed by atoms with van der Waals surface area (Å²) in [6.07, 6.45) is 13.0. The summed E-state index contributed by atoms with van der Waals surface area (Å²) in [5.41, 5.74) is 3.81. The van der Waals surface area contributed by atoms with Crippen molar-refractivity contribution in [3.8, 4) is 11.1 Å². The van der Waals surface area contributed by atoms with Crippen molar-refractivity contribution in [2.24, 2.45) is 17.8 Å². The van der Waals surface area contributed by atoms with E-state index in [1.807, 2.05) is 6.07 Å². The Morgan fingerprint density at radius 3 is 2.30 bits per heavy atom. The van der Waals surface area contributed by atoms with Gasteiger partial charge in [0.05, 0.1) is 0 Å². The van der Waals surface area contributed by atoms with Gasteiger partial charge in [-0.05, 0) is 111 Å². The largest absolute Gasteiger partial charge is 0.207 e. The minimum Gasteiger partial charge on any atom is -0.207 e. The first-order valence-corrected chi connectivity index (χ1v) is 10.3. The molecule has 0 spiro atoms. The van der Waals surface area contributed by atoms with Crippen molar-refractivity contribution in [1.82, 2.24) is 0 Å². The Hall–Kier alpha value is -1.96. The Labute approximate surface area is 161 Å². The number of fused-ring (bicyclic) bond motifs is 1. The van der Waals surface area contributed by atoms with Gasteiger partial charge in [-0.2, -0.15) is 0 Å². The average molecular weight is 366 g/mol. The smallest absolute Gasteiger partial charge is 0.131 e. The van der Waals surface area contributed by atoms with E-state index in [2.05, 4.69) is 19.1 Å². The fourth-order valence-corrected chi connectivity index (χ4v) is 5.14. The maximum absolute atomic E-state index is 14.8. The zero-order chi connectivity index (χ0) is 18.8. The van der Waals surface area contributed by atoms with Crippen molar-refractivity contribution < 1.29 is 8.78 Å². The van der Waals surface area contributed by atoms with Crippen molar-refractivity contribution in [2.75, 3.05) is 0 Å². The predicted molar refractivity (Wildman–Crippen MR) is 108 cm³/mol. The molecule has 0 aromatic heterocycles. The van der Waals surface area contributed by atoms with Crippen molar-refractivity contribution in [3.05, 3.63) is 71.3 Å². The molecule has 1 atom stereocenters. The Kier molecular flexibility index (Phi) is 5.43. The second-order valence-corrected chi connectivity index (χ2v) is 8.31. The summed E-state index contributed by atoms with van der Waals surface area (Å²) in [5.74, 6) is 1.78. The summed E-state index contributed by atoms with van der Waals surface area (Å²) < 4.78 is 27.9. The molecular weight excluding hydrogens is 338 g/mol. The van der Waals surface area contributed by atoms with Gasteiger partial charge >= 0.3 is 0 Å². The molecule has 2 aliphatic rings.